The van der Waals surface area contributed by atoms with Gasteiger partial charge < -0.3 is 0 Å². The minimum atomic E-state index is -0.541. The van der Waals surface area contributed by atoms with Crippen LogP contribution in [0.1, 0.15) is 104 Å². The third-order valence-electron chi connectivity index (χ3n) is 5.86. The first-order chi connectivity index (χ1) is 12.2. The van der Waals surface area contributed by atoms with Gasteiger partial charge in [0, 0.05) is 0 Å². The predicted molar refractivity (Wildman–Crippen MR) is 102 cm³/mol. The summed E-state index contributed by atoms with van der Waals surface area (Å²) in [6.07, 6.45) is 18.9. The van der Waals surface area contributed by atoms with E-state index in [0.29, 0.717) is 5.92 Å². The molecule has 0 bridgehead atoms. The molecule has 1 saturated carbocycles. The maximum atomic E-state index is 11.4. The Labute approximate surface area is 153 Å². The molecule has 1 aliphatic rings. The molecule has 1 rings (SSSR count). The van der Waals surface area contributed by atoms with Crippen molar-refractivity contribution in [3.05, 3.63) is 0 Å². The van der Waals surface area contributed by atoms with Gasteiger partial charge in [-0.05, 0) is 31.6 Å². The van der Waals surface area contributed by atoms with Gasteiger partial charge in [-0.2, -0.15) is 9.98 Å². The van der Waals surface area contributed by atoms with Gasteiger partial charge in [0.1, 0.15) is 0 Å². The van der Waals surface area contributed by atoms with Crippen LogP contribution in [-0.4, -0.2) is 23.7 Å². The molecule has 25 heavy (non-hydrogen) atoms. The Morgan fingerprint density at radius 3 is 2.20 bits per heavy atom. The third-order valence-corrected chi connectivity index (χ3v) is 5.86. The van der Waals surface area contributed by atoms with Crippen LogP contribution in [0.25, 0.3) is 0 Å². The molecule has 0 aromatic rings. The lowest BCUT2D eigenvalue weighted by Gasteiger charge is -2.42. The van der Waals surface area contributed by atoms with E-state index in [1.165, 1.54) is 32.1 Å². The Bertz CT molecular complexity index is 447. The maximum absolute atomic E-state index is 11.4. The molecule has 142 valence electrons. The number of isocyanates is 2. The van der Waals surface area contributed by atoms with Gasteiger partial charge >= 0.3 is 0 Å². The standard InChI is InChI=1S/C21H36N2O2/c1-3-5-7-12-16-21(23-18-25,19-13-10-8-11-14-19)20(22-17-24)15-9-6-4-2/h19-20H,3-16H2,1-2H3. The SMILES string of the molecule is CCCCCCC(N=C=O)(C1CCCCC1)C(CCCCC)N=C=O. The molecule has 0 saturated heterocycles. The van der Waals surface area contributed by atoms with E-state index in [1.54, 1.807) is 6.08 Å². The zero-order valence-electron chi connectivity index (χ0n) is 16.3. The van der Waals surface area contributed by atoms with Crippen LogP contribution < -0.4 is 0 Å². The molecule has 1 aliphatic carbocycles. The molecule has 2 atom stereocenters. The van der Waals surface area contributed by atoms with Crippen molar-refractivity contribution in [2.45, 2.75) is 115 Å². The van der Waals surface area contributed by atoms with Crippen LogP contribution >= 0.6 is 0 Å². The molecule has 2 unspecified atom stereocenters. The quantitative estimate of drug-likeness (QED) is 0.236. The van der Waals surface area contributed by atoms with Gasteiger partial charge in [0.2, 0.25) is 12.2 Å². The van der Waals surface area contributed by atoms with Gasteiger partial charge in [-0.1, -0.05) is 78.1 Å². The van der Waals surface area contributed by atoms with E-state index in [2.05, 4.69) is 23.8 Å². The highest BCUT2D eigenvalue weighted by Crippen LogP contribution is 2.43. The Hall–Kier alpha value is -1.24. The highest BCUT2D eigenvalue weighted by atomic mass is 16.1. The summed E-state index contributed by atoms with van der Waals surface area (Å²) in [4.78, 5) is 31.1. The zero-order chi connectivity index (χ0) is 18.4. The highest BCUT2D eigenvalue weighted by Gasteiger charge is 2.45. The largest absolute Gasteiger partial charge is 0.235 e. The van der Waals surface area contributed by atoms with Crippen molar-refractivity contribution in [3.63, 3.8) is 0 Å². The molecule has 0 amide bonds. The highest BCUT2D eigenvalue weighted by molar-refractivity contribution is 5.38. The molecule has 4 heteroatoms. The lowest BCUT2D eigenvalue weighted by Crippen LogP contribution is -2.47. The summed E-state index contributed by atoms with van der Waals surface area (Å²) >= 11 is 0. The van der Waals surface area contributed by atoms with E-state index in [-0.39, 0.29) is 6.04 Å². The van der Waals surface area contributed by atoms with Crippen LogP contribution in [0.4, 0.5) is 0 Å². The molecular formula is C21H36N2O2. The number of nitrogens with zero attached hydrogens (tertiary/aromatic N) is 2. The summed E-state index contributed by atoms with van der Waals surface area (Å²) in [5.74, 6) is 0.341. The fourth-order valence-corrected chi connectivity index (χ4v) is 4.46. The van der Waals surface area contributed by atoms with Gasteiger partial charge in [-0.3, -0.25) is 0 Å². The molecule has 0 aromatic heterocycles. The second-order valence-electron chi connectivity index (χ2n) is 7.57. The molecule has 1 fully saturated rings. The lowest BCUT2D eigenvalue weighted by molar-refractivity contribution is 0.153. The summed E-state index contributed by atoms with van der Waals surface area (Å²) in [5.41, 5.74) is -0.541. The Balaban J connectivity index is 3.08. The van der Waals surface area contributed by atoms with Gasteiger partial charge in [0.15, 0.2) is 0 Å². The normalized spacial score (nSPS) is 18.6. The predicted octanol–water partition coefficient (Wildman–Crippen LogP) is 5.90. The van der Waals surface area contributed by atoms with Gasteiger partial charge in [-0.25, -0.2) is 9.59 Å². The fraction of sp³-hybridized carbons (Fsp3) is 0.905. The number of unbranched alkanes of at least 4 members (excludes halogenated alkanes) is 5. The molecule has 0 aliphatic heterocycles. The zero-order valence-corrected chi connectivity index (χ0v) is 16.3. The fourth-order valence-electron chi connectivity index (χ4n) is 4.46. The van der Waals surface area contributed by atoms with Crippen LogP contribution in [0.3, 0.4) is 0 Å². The van der Waals surface area contributed by atoms with E-state index in [0.717, 1.165) is 57.8 Å². The Kier molecular flexibility index (Phi) is 11.4. The molecule has 0 radical (unpaired) electrons. The van der Waals surface area contributed by atoms with Gasteiger partial charge in [0.05, 0.1) is 11.6 Å². The molecule has 0 heterocycles. The van der Waals surface area contributed by atoms with Crippen molar-refractivity contribution in [2.24, 2.45) is 15.9 Å². The van der Waals surface area contributed by atoms with E-state index >= 15 is 0 Å². The van der Waals surface area contributed by atoms with Crippen molar-refractivity contribution in [2.75, 3.05) is 0 Å². The van der Waals surface area contributed by atoms with Crippen molar-refractivity contribution < 1.29 is 9.59 Å². The second-order valence-corrected chi connectivity index (χ2v) is 7.57. The van der Waals surface area contributed by atoms with Crippen LogP contribution in [0.5, 0.6) is 0 Å². The van der Waals surface area contributed by atoms with Crippen molar-refractivity contribution in [3.8, 4) is 0 Å². The smallest absolute Gasteiger partial charge is 0.211 e. The number of carbonyl (C=O) groups excluding carboxylic acids is 2. The van der Waals surface area contributed by atoms with Crippen LogP contribution in [0.2, 0.25) is 0 Å². The molecular weight excluding hydrogens is 312 g/mol. The average molecular weight is 349 g/mol. The summed E-state index contributed by atoms with van der Waals surface area (Å²) in [6.45, 7) is 4.36. The van der Waals surface area contributed by atoms with Crippen LogP contribution in [0, 0.1) is 5.92 Å². The summed E-state index contributed by atoms with van der Waals surface area (Å²) in [6, 6.07) is -0.220. The van der Waals surface area contributed by atoms with E-state index in [4.69, 9.17) is 0 Å². The molecule has 4 nitrogen and oxygen atoms in total. The van der Waals surface area contributed by atoms with E-state index < -0.39 is 5.54 Å². The number of hydrogen-bond acceptors (Lipinski definition) is 4. The lowest BCUT2D eigenvalue weighted by atomic mass is 9.67. The molecule has 0 N–H and O–H groups in total. The van der Waals surface area contributed by atoms with Gasteiger partial charge in [0.25, 0.3) is 0 Å². The molecule has 0 aromatic carbocycles. The van der Waals surface area contributed by atoms with Crippen molar-refractivity contribution in [1.82, 2.24) is 0 Å². The second kappa shape index (κ2) is 13.0. The maximum Gasteiger partial charge on any atom is 0.235 e. The minimum Gasteiger partial charge on any atom is -0.211 e. The van der Waals surface area contributed by atoms with E-state index in [1.807, 2.05) is 6.08 Å². The van der Waals surface area contributed by atoms with Gasteiger partial charge in [-0.15, -0.1) is 0 Å². The molecule has 0 spiro atoms. The first kappa shape index (κ1) is 21.8. The first-order valence-electron chi connectivity index (χ1n) is 10.4. The van der Waals surface area contributed by atoms with Crippen molar-refractivity contribution >= 4 is 12.2 Å². The monoisotopic (exact) mass is 348 g/mol. The van der Waals surface area contributed by atoms with Crippen molar-refractivity contribution in [1.29, 1.82) is 0 Å². The summed E-state index contributed by atoms with van der Waals surface area (Å²) < 4.78 is 0. The van der Waals surface area contributed by atoms with Crippen LogP contribution in [-0.2, 0) is 9.59 Å². The summed E-state index contributed by atoms with van der Waals surface area (Å²) in [5, 5.41) is 0. The topological polar surface area (TPSA) is 58.9 Å². The first-order valence-corrected chi connectivity index (χ1v) is 10.4. The van der Waals surface area contributed by atoms with Crippen LogP contribution in [0.15, 0.2) is 9.98 Å². The number of rotatable bonds is 13. The average Bonchev–Trinajstić information content (AvgIpc) is 2.64. The summed E-state index contributed by atoms with van der Waals surface area (Å²) in [7, 11) is 0. The Morgan fingerprint density at radius 1 is 0.920 bits per heavy atom. The number of aliphatic imine (C=N–C) groups is 2. The third kappa shape index (κ3) is 6.88. The number of hydrogen-bond donors (Lipinski definition) is 0. The Morgan fingerprint density at radius 2 is 1.60 bits per heavy atom. The minimum absolute atomic E-state index is 0.220. The van der Waals surface area contributed by atoms with E-state index in [9.17, 15) is 9.59 Å².